The minimum atomic E-state index is -0.605. The van der Waals surface area contributed by atoms with Gasteiger partial charge < -0.3 is 20.3 Å². The van der Waals surface area contributed by atoms with E-state index in [0.29, 0.717) is 11.3 Å². The van der Waals surface area contributed by atoms with Crippen LogP contribution in [0.2, 0.25) is 0 Å². The van der Waals surface area contributed by atoms with Gasteiger partial charge in [0, 0.05) is 25.5 Å². The number of hydrogen-bond donors (Lipinski definition) is 2. The summed E-state index contributed by atoms with van der Waals surface area (Å²) in [5.74, 6) is -1.39. The maximum Gasteiger partial charge on any atom is 0.340 e. The van der Waals surface area contributed by atoms with Gasteiger partial charge in [-0.1, -0.05) is 30.3 Å². The Labute approximate surface area is 164 Å². The van der Waals surface area contributed by atoms with E-state index in [2.05, 4.69) is 10.6 Å². The molecule has 0 heterocycles. The highest BCUT2D eigenvalue weighted by molar-refractivity contribution is 5.98. The Balaban J connectivity index is 1.88. The molecule has 2 rings (SSSR count). The zero-order valence-electron chi connectivity index (χ0n) is 16.5. The quantitative estimate of drug-likeness (QED) is 0.718. The predicted octanol–water partition coefficient (Wildman–Crippen LogP) is 2.60. The number of rotatable bonds is 7. The maximum absolute atomic E-state index is 12.3. The highest BCUT2D eigenvalue weighted by atomic mass is 16.5. The van der Waals surface area contributed by atoms with Crippen LogP contribution in [0, 0.1) is 13.8 Å². The molecule has 0 fully saturated rings. The van der Waals surface area contributed by atoms with Crippen LogP contribution >= 0.6 is 0 Å². The number of anilines is 2. The van der Waals surface area contributed by atoms with Gasteiger partial charge in [-0.15, -0.1) is 0 Å². The number of likely N-dealkylation sites (N-methyl/N-ethyl adjacent to an activating group) is 1. The van der Waals surface area contributed by atoms with Crippen LogP contribution in [-0.4, -0.2) is 49.9 Å². The van der Waals surface area contributed by atoms with Gasteiger partial charge in [-0.05, 0) is 37.1 Å². The molecule has 0 bridgehead atoms. The van der Waals surface area contributed by atoms with Crippen LogP contribution in [-0.2, 0) is 14.3 Å². The third kappa shape index (κ3) is 5.33. The van der Waals surface area contributed by atoms with E-state index in [-0.39, 0.29) is 12.5 Å². The Morgan fingerprint density at radius 1 is 1.00 bits per heavy atom. The van der Waals surface area contributed by atoms with Gasteiger partial charge in [-0.25, -0.2) is 4.79 Å². The van der Waals surface area contributed by atoms with Crippen molar-refractivity contribution in [2.24, 2.45) is 0 Å². The monoisotopic (exact) mass is 383 g/mol. The molecule has 0 aliphatic carbocycles. The Kier molecular flexibility index (Phi) is 7.14. The zero-order chi connectivity index (χ0) is 20.7. The summed E-state index contributed by atoms with van der Waals surface area (Å²) in [5, 5.41) is 5.72. The van der Waals surface area contributed by atoms with Crippen molar-refractivity contribution >= 4 is 29.2 Å². The first kappa shape index (κ1) is 21.0. The summed E-state index contributed by atoms with van der Waals surface area (Å²) in [5.41, 5.74) is 3.58. The molecule has 0 radical (unpaired) electrons. The number of carbonyl (C=O) groups is 3. The van der Waals surface area contributed by atoms with Crippen LogP contribution in [0.25, 0.3) is 0 Å². The average molecular weight is 383 g/mol. The molecular formula is C21H25N3O4. The van der Waals surface area contributed by atoms with Crippen molar-refractivity contribution in [3.05, 3.63) is 59.2 Å². The number of amides is 2. The molecule has 0 saturated heterocycles. The van der Waals surface area contributed by atoms with Crippen LogP contribution in [0.1, 0.15) is 21.5 Å². The Morgan fingerprint density at radius 3 is 2.29 bits per heavy atom. The number of carbonyl (C=O) groups excluding carboxylic acids is 3. The highest BCUT2D eigenvalue weighted by Crippen LogP contribution is 2.19. The van der Waals surface area contributed by atoms with E-state index in [4.69, 9.17) is 4.74 Å². The van der Waals surface area contributed by atoms with Gasteiger partial charge in [0.05, 0.1) is 12.1 Å². The van der Waals surface area contributed by atoms with Gasteiger partial charge in [0.15, 0.2) is 6.61 Å². The third-order valence-corrected chi connectivity index (χ3v) is 4.30. The number of para-hydroxylation sites is 2. The van der Waals surface area contributed by atoms with E-state index in [1.807, 2.05) is 32.0 Å². The molecule has 0 aromatic heterocycles. The molecule has 2 N–H and O–H groups in total. The minimum Gasteiger partial charge on any atom is -0.452 e. The zero-order valence-corrected chi connectivity index (χ0v) is 16.5. The lowest BCUT2D eigenvalue weighted by Gasteiger charge is -2.18. The number of hydrogen-bond acceptors (Lipinski definition) is 5. The molecule has 7 heteroatoms. The van der Waals surface area contributed by atoms with Crippen LogP contribution in [0.3, 0.4) is 0 Å². The molecule has 2 amide bonds. The lowest BCUT2D eigenvalue weighted by molar-refractivity contribution is -0.136. The summed E-state index contributed by atoms with van der Waals surface area (Å²) >= 11 is 0. The fourth-order valence-corrected chi connectivity index (χ4v) is 2.69. The van der Waals surface area contributed by atoms with E-state index in [0.717, 1.165) is 16.8 Å². The number of nitrogens with zero attached hydrogens (tertiary/aromatic N) is 1. The van der Waals surface area contributed by atoms with Gasteiger partial charge in [0.2, 0.25) is 5.91 Å². The van der Waals surface area contributed by atoms with Crippen LogP contribution in [0.15, 0.2) is 42.5 Å². The van der Waals surface area contributed by atoms with Gasteiger partial charge >= 0.3 is 5.97 Å². The largest absolute Gasteiger partial charge is 0.452 e. The first-order valence-electron chi connectivity index (χ1n) is 8.87. The van der Waals surface area contributed by atoms with Crippen molar-refractivity contribution < 1.29 is 19.1 Å². The summed E-state index contributed by atoms with van der Waals surface area (Å²) in [6, 6.07) is 12.6. The summed E-state index contributed by atoms with van der Waals surface area (Å²) < 4.78 is 5.09. The summed E-state index contributed by atoms with van der Waals surface area (Å²) in [6.07, 6.45) is 0. The standard InChI is InChI=1S/C21H25N3O4/c1-14-8-7-9-15(2)20(14)23-18(25)12-24(4)19(26)13-28-21(27)16-10-5-6-11-17(16)22-3/h5-11,22H,12-13H2,1-4H3,(H,23,25). The molecule has 2 aromatic carbocycles. The minimum absolute atomic E-state index is 0.142. The Bertz CT molecular complexity index is 859. The fourth-order valence-electron chi connectivity index (χ4n) is 2.69. The second-order valence-corrected chi connectivity index (χ2v) is 6.44. The van der Waals surface area contributed by atoms with Crippen molar-refractivity contribution in [1.82, 2.24) is 4.90 Å². The maximum atomic E-state index is 12.3. The molecule has 2 aromatic rings. The second-order valence-electron chi connectivity index (χ2n) is 6.44. The summed E-state index contributed by atoms with van der Waals surface area (Å²) in [4.78, 5) is 37.9. The molecule has 148 valence electrons. The van der Waals surface area contributed by atoms with E-state index in [9.17, 15) is 14.4 Å². The lowest BCUT2D eigenvalue weighted by Crippen LogP contribution is -2.37. The van der Waals surface area contributed by atoms with Gasteiger partial charge in [-0.2, -0.15) is 0 Å². The van der Waals surface area contributed by atoms with E-state index < -0.39 is 18.5 Å². The molecule has 0 saturated carbocycles. The van der Waals surface area contributed by atoms with E-state index in [1.54, 1.807) is 31.3 Å². The van der Waals surface area contributed by atoms with E-state index >= 15 is 0 Å². The normalized spacial score (nSPS) is 10.1. The number of aryl methyl sites for hydroxylation is 2. The van der Waals surface area contributed by atoms with Gasteiger partial charge in [-0.3, -0.25) is 9.59 Å². The second kappa shape index (κ2) is 9.55. The van der Waals surface area contributed by atoms with Gasteiger partial charge in [0.1, 0.15) is 0 Å². The molecule has 0 spiro atoms. The number of nitrogens with one attached hydrogen (secondary N) is 2. The molecule has 0 aliphatic rings. The van der Waals surface area contributed by atoms with Crippen molar-refractivity contribution in [2.45, 2.75) is 13.8 Å². The first-order chi connectivity index (χ1) is 13.3. The van der Waals surface area contributed by atoms with Crippen LogP contribution < -0.4 is 10.6 Å². The number of ether oxygens (including phenoxy) is 1. The highest BCUT2D eigenvalue weighted by Gasteiger charge is 2.18. The molecule has 0 aliphatic heterocycles. The van der Waals surface area contributed by atoms with E-state index in [1.165, 1.54) is 11.9 Å². The number of esters is 1. The number of benzene rings is 2. The lowest BCUT2D eigenvalue weighted by atomic mass is 10.1. The Hall–Kier alpha value is -3.35. The molecule has 28 heavy (non-hydrogen) atoms. The molecule has 7 nitrogen and oxygen atoms in total. The topological polar surface area (TPSA) is 87.7 Å². The smallest absolute Gasteiger partial charge is 0.340 e. The Morgan fingerprint density at radius 2 is 1.64 bits per heavy atom. The van der Waals surface area contributed by atoms with Crippen LogP contribution in [0.4, 0.5) is 11.4 Å². The SMILES string of the molecule is CNc1ccccc1C(=O)OCC(=O)N(C)CC(=O)Nc1c(C)cccc1C. The molecule has 0 atom stereocenters. The third-order valence-electron chi connectivity index (χ3n) is 4.30. The van der Waals surface area contributed by atoms with Crippen molar-refractivity contribution in [3.8, 4) is 0 Å². The van der Waals surface area contributed by atoms with Crippen molar-refractivity contribution in [2.75, 3.05) is 37.9 Å². The van der Waals surface area contributed by atoms with Crippen molar-refractivity contribution in [3.63, 3.8) is 0 Å². The summed E-state index contributed by atoms with van der Waals surface area (Å²) in [6.45, 7) is 3.22. The fraction of sp³-hybridized carbons (Fsp3) is 0.286. The summed E-state index contributed by atoms with van der Waals surface area (Å²) in [7, 11) is 3.18. The molecular weight excluding hydrogens is 358 g/mol. The molecule has 0 unspecified atom stereocenters. The first-order valence-corrected chi connectivity index (χ1v) is 8.87. The predicted molar refractivity (Wildman–Crippen MR) is 108 cm³/mol. The van der Waals surface area contributed by atoms with Gasteiger partial charge in [0.25, 0.3) is 5.91 Å². The van der Waals surface area contributed by atoms with Crippen molar-refractivity contribution in [1.29, 1.82) is 0 Å². The van der Waals surface area contributed by atoms with Crippen LogP contribution in [0.5, 0.6) is 0 Å². The average Bonchev–Trinajstić information content (AvgIpc) is 2.68.